The van der Waals surface area contributed by atoms with E-state index in [0.29, 0.717) is 24.4 Å². The molecule has 0 aliphatic heterocycles. The van der Waals surface area contributed by atoms with Gasteiger partial charge >= 0.3 is 5.97 Å². The van der Waals surface area contributed by atoms with Gasteiger partial charge in [0.1, 0.15) is 5.82 Å². The summed E-state index contributed by atoms with van der Waals surface area (Å²) in [4.78, 5) is 23.8. The van der Waals surface area contributed by atoms with Crippen molar-refractivity contribution < 1.29 is 23.5 Å². The molecule has 0 saturated carbocycles. The molecule has 0 spiro atoms. The Morgan fingerprint density at radius 2 is 1.88 bits per heavy atom. The van der Waals surface area contributed by atoms with Gasteiger partial charge in [-0.15, -0.1) is 0 Å². The molecule has 2 rings (SSSR count). The molecule has 134 valence electrons. The van der Waals surface area contributed by atoms with Gasteiger partial charge in [-0.1, -0.05) is 0 Å². The number of rotatable bonds is 7. The van der Waals surface area contributed by atoms with Gasteiger partial charge in [-0.25, -0.2) is 9.18 Å². The van der Waals surface area contributed by atoms with Crippen LogP contribution in [0.4, 0.5) is 4.39 Å². The van der Waals surface area contributed by atoms with Gasteiger partial charge < -0.3 is 19.4 Å². The van der Waals surface area contributed by atoms with E-state index in [1.165, 1.54) is 19.2 Å². The molecule has 0 aliphatic rings. The number of benzene rings is 1. The van der Waals surface area contributed by atoms with E-state index in [4.69, 9.17) is 9.47 Å². The fourth-order valence-corrected chi connectivity index (χ4v) is 2.51. The van der Waals surface area contributed by atoms with E-state index in [9.17, 15) is 14.0 Å². The lowest BCUT2D eigenvalue weighted by Crippen LogP contribution is -2.31. The lowest BCUT2D eigenvalue weighted by Gasteiger charge is -2.10. The first-order chi connectivity index (χ1) is 11.9. The molecule has 2 aromatic rings. The molecule has 0 aliphatic carbocycles. The quantitative estimate of drug-likeness (QED) is 0.615. The number of hydrogen-bond donors (Lipinski definition) is 1. The molecule has 1 N–H and O–H groups in total. The highest BCUT2D eigenvalue weighted by atomic mass is 19.1. The van der Waals surface area contributed by atoms with Gasteiger partial charge in [0, 0.05) is 30.7 Å². The van der Waals surface area contributed by atoms with E-state index in [2.05, 4.69) is 5.32 Å². The number of nitrogens with zero attached hydrogens (tertiary/aromatic N) is 1. The highest BCUT2D eigenvalue weighted by Crippen LogP contribution is 2.21. The number of hydrogen-bond acceptors (Lipinski definition) is 4. The van der Waals surface area contributed by atoms with Crippen molar-refractivity contribution in [2.75, 3.05) is 26.9 Å². The number of carbonyl (C=O) groups excluding carboxylic acids is 2. The fourth-order valence-electron chi connectivity index (χ4n) is 2.51. The van der Waals surface area contributed by atoms with Crippen LogP contribution in [0.3, 0.4) is 0 Å². The second-order valence-electron chi connectivity index (χ2n) is 5.52. The summed E-state index contributed by atoms with van der Waals surface area (Å²) in [6.07, 6.45) is 0. The summed E-state index contributed by atoms with van der Waals surface area (Å²) in [5.41, 5.74) is 2.58. The van der Waals surface area contributed by atoms with Gasteiger partial charge in [-0.05, 0) is 44.2 Å². The van der Waals surface area contributed by atoms with Crippen molar-refractivity contribution in [2.24, 2.45) is 0 Å². The van der Waals surface area contributed by atoms with Crippen LogP contribution in [-0.2, 0) is 14.3 Å². The molecule has 1 heterocycles. The van der Waals surface area contributed by atoms with Crippen LogP contribution in [-0.4, -0.2) is 43.3 Å². The zero-order chi connectivity index (χ0) is 18.4. The minimum Gasteiger partial charge on any atom is -0.452 e. The SMILES string of the molecule is COCCNC(=O)COC(=O)c1cc(C)n(-c2ccc(F)cc2)c1C. The Morgan fingerprint density at radius 1 is 1.20 bits per heavy atom. The highest BCUT2D eigenvalue weighted by molar-refractivity contribution is 5.93. The smallest absolute Gasteiger partial charge is 0.340 e. The van der Waals surface area contributed by atoms with Gasteiger partial charge in [-0.3, -0.25) is 4.79 Å². The maximum atomic E-state index is 13.1. The molecule has 7 heteroatoms. The van der Waals surface area contributed by atoms with Gasteiger partial charge in [0.05, 0.1) is 12.2 Å². The minimum absolute atomic E-state index is 0.328. The van der Waals surface area contributed by atoms with Crippen molar-refractivity contribution in [1.82, 2.24) is 9.88 Å². The zero-order valence-electron chi connectivity index (χ0n) is 14.5. The molecular weight excluding hydrogens is 327 g/mol. The number of amides is 1. The summed E-state index contributed by atoms with van der Waals surface area (Å²) in [6, 6.07) is 7.67. The third-order valence-electron chi connectivity index (χ3n) is 3.70. The first kappa shape index (κ1) is 18.7. The number of aryl methyl sites for hydroxylation is 1. The largest absolute Gasteiger partial charge is 0.452 e. The highest BCUT2D eigenvalue weighted by Gasteiger charge is 2.18. The second-order valence-corrected chi connectivity index (χ2v) is 5.52. The van der Waals surface area contributed by atoms with Crippen molar-refractivity contribution in [3.8, 4) is 5.69 Å². The van der Waals surface area contributed by atoms with Crippen molar-refractivity contribution in [3.63, 3.8) is 0 Å². The summed E-state index contributed by atoms with van der Waals surface area (Å²) in [5.74, 6) is -1.30. The van der Waals surface area contributed by atoms with Crippen LogP contribution in [0.1, 0.15) is 21.7 Å². The molecule has 1 aromatic heterocycles. The van der Waals surface area contributed by atoms with E-state index in [1.54, 1.807) is 25.1 Å². The maximum absolute atomic E-state index is 13.1. The number of esters is 1. The fraction of sp³-hybridized carbons (Fsp3) is 0.333. The molecule has 0 bridgehead atoms. The van der Waals surface area contributed by atoms with Gasteiger partial charge in [0.25, 0.3) is 5.91 Å². The van der Waals surface area contributed by atoms with Gasteiger partial charge in [0.15, 0.2) is 6.61 Å². The van der Waals surface area contributed by atoms with Crippen LogP contribution >= 0.6 is 0 Å². The van der Waals surface area contributed by atoms with E-state index in [-0.39, 0.29) is 12.4 Å². The Morgan fingerprint density at radius 3 is 2.52 bits per heavy atom. The lowest BCUT2D eigenvalue weighted by molar-refractivity contribution is -0.124. The Labute approximate surface area is 145 Å². The van der Waals surface area contributed by atoms with Gasteiger partial charge in [0.2, 0.25) is 0 Å². The average molecular weight is 348 g/mol. The molecule has 25 heavy (non-hydrogen) atoms. The summed E-state index contributed by atoms with van der Waals surface area (Å²) < 4.78 is 24.8. The monoisotopic (exact) mass is 348 g/mol. The van der Waals surface area contributed by atoms with E-state index in [0.717, 1.165) is 11.4 Å². The Balaban J connectivity index is 2.07. The third-order valence-corrected chi connectivity index (χ3v) is 3.70. The van der Waals surface area contributed by atoms with Crippen molar-refractivity contribution in [3.05, 3.63) is 53.1 Å². The van der Waals surface area contributed by atoms with Gasteiger partial charge in [-0.2, -0.15) is 0 Å². The molecule has 0 radical (unpaired) electrons. The third kappa shape index (κ3) is 4.67. The number of carbonyl (C=O) groups is 2. The van der Waals surface area contributed by atoms with Crippen LogP contribution in [0.15, 0.2) is 30.3 Å². The van der Waals surface area contributed by atoms with Crippen molar-refractivity contribution in [1.29, 1.82) is 0 Å². The van der Waals surface area contributed by atoms with E-state index >= 15 is 0 Å². The molecular formula is C18H21FN2O4. The molecule has 1 amide bonds. The lowest BCUT2D eigenvalue weighted by atomic mass is 10.2. The molecule has 1 aromatic carbocycles. The van der Waals surface area contributed by atoms with Crippen LogP contribution < -0.4 is 5.32 Å². The summed E-state index contributed by atoms with van der Waals surface area (Å²) >= 11 is 0. The topological polar surface area (TPSA) is 69.6 Å². The Kier molecular flexibility index (Phi) is 6.30. The first-order valence-corrected chi connectivity index (χ1v) is 7.81. The summed E-state index contributed by atoms with van der Waals surface area (Å²) in [6.45, 7) is 3.99. The maximum Gasteiger partial charge on any atom is 0.340 e. The summed E-state index contributed by atoms with van der Waals surface area (Å²) in [7, 11) is 1.53. The van der Waals surface area contributed by atoms with Crippen molar-refractivity contribution >= 4 is 11.9 Å². The molecule has 0 atom stereocenters. The number of ether oxygens (including phenoxy) is 2. The molecule has 6 nitrogen and oxygen atoms in total. The zero-order valence-corrected chi connectivity index (χ0v) is 14.5. The minimum atomic E-state index is -0.580. The summed E-state index contributed by atoms with van der Waals surface area (Å²) in [5, 5.41) is 2.57. The van der Waals surface area contributed by atoms with Crippen LogP contribution in [0.25, 0.3) is 5.69 Å². The van der Waals surface area contributed by atoms with Crippen LogP contribution in [0.2, 0.25) is 0 Å². The van der Waals surface area contributed by atoms with Crippen LogP contribution in [0, 0.1) is 19.7 Å². The predicted molar refractivity (Wildman–Crippen MR) is 90.4 cm³/mol. The molecule has 0 unspecified atom stereocenters. The number of nitrogens with one attached hydrogen (secondary N) is 1. The van der Waals surface area contributed by atoms with E-state index < -0.39 is 11.9 Å². The average Bonchev–Trinajstić information content (AvgIpc) is 2.88. The van der Waals surface area contributed by atoms with Crippen LogP contribution in [0.5, 0.6) is 0 Å². The molecule has 0 fully saturated rings. The standard InChI is InChI=1S/C18H21FN2O4/c1-12-10-16(18(23)25-11-17(22)20-8-9-24-3)13(2)21(12)15-6-4-14(19)5-7-15/h4-7,10H,8-9,11H2,1-3H3,(H,20,22). The first-order valence-electron chi connectivity index (χ1n) is 7.81. The number of aromatic nitrogens is 1. The Hall–Kier alpha value is -2.67. The Bertz CT molecular complexity index is 753. The van der Waals surface area contributed by atoms with Crippen molar-refractivity contribution in [2.45, 2.75) is 13.8 Å². The molecule has 0 saturated heterocycles. The number of halogens is 1. The normalized spacial score (nSPS) is 10.6. The second kappa shape index (κ2) is 8.43. The van der Waals surface area contributed by atoms with E-state index in [1.807, 2.05) is 11.5 Å². The number of methoxy groups -OCH3 is 1. The predicted octanol–water partition coefficient (Wildman–Crippen LogP) is 2.15.